The molecular formula is C33H33ClN6O3. The number of aromatic nitrogens is 3. The number of carbonyl (C=O) groups is 2. The Hall–Kier alpha value is -4.89. The highest BCUT2D eigenvalue weighted by Gasteiger charge is 2.15. The van der Waals surface area contributed by atoms with Crippen molar-refractivity contribution < 1.29 is 14.3 Å². The van der Waals surface area contributed by atoms with Gasteiger partial charge in [-0.3, -0.25) is 10.1 Å². The summed E-state index contributed by atoms with van der Waals surface area (Å²) in [6.07, 6.45) is 4.51. The number of benzene rings is 3. The summed E-state index contributed by atoms with van der Waals surface area (Å²) < 4.78 is 7.92. The molecule has 220 valence electrons. The molecule has 0 saturated heterocycles. The molecule has 5 aromatic rings. The number of nitrogens with one attached hydrogen (secondary N) is 3. The Morgan fingerprint density at radius 1 is 0.930 bits per heavy atom. The molecule has 9 nitrogen and oxygen atoms in total. The van der Waals surface area contributed by atoms with E-state index in [4.69, 9.17) is 21.4 Å². The monoisotopic (exact) mass is 596 g/mol. The fourth-order valence-corrected chi connectivity index (χ4v) is 4.69. The smallest absolute Gasteiger partial charge is 0.324 e. The van der Waals surface area contributed by atoms with Gasteiger partial charge in [-0.1, -0.05) is 55.3 Å². The van der Waals surface area contributed by atoms with Gasteiger partial charge in [0, 0.05) is 23.0 Å². The van der Waals surface area contributed by atoms with Gasteiger partial charge in [0.2, 0.25) is 5.91 Å². The van der Waals surface area contributed by atoms with Crippen molar-refractivity contribution in [2.75, 3.05) is 21.8 Å². The van der Waals surface area contributed by atoms with Gasteiger partial charge in [0.1, 0.15) is 29.9 Å². The number of alkyl halides is 1. The molecule has 0 saturated carbocycles. The van der Waals surface area contributed by atoms with Gasteiger partial charge in [-0.25, -0.2) is 14.5 Å². The van der Waals surface area contributed by atoms with Crippen LogP contribution in [0.2, 0.25) is 0 Å². The summed E-state index contributed by atoms with van der Waals surface area (Å²) in [4.78, 5) is 29.0. The topological polar surface area (TPSA) is 110 Å². The molecule has 2 heterocycles. The van der Waals surface area contributed by atoms with E-state index in [-0.39, 0.29) is 24.4 Å². The van der Waals surface area contributed by atoms with Gasteiger partial charge in [-0.05, 0) is 61.7 Å². The summed E-state index contributed by atoms with van der Waals surface area (Å²) in [5, 5.41) is 15.1. The summed E-state index contributed by atoms with van der Waals surface area (Å²) in [5.74, 6) is 1.17. The van der Waals surface area contributed by atoms with Crippen molar-refractivity contribution in [3.05, 3.63) is 102 Å². The van der Waals surface area contributed by atoms with Crippen LogP contribution >= 0.6 is 11.6 Å². The number of fused-ring (bicyclic) bond motifs is 1. The maximum absolute atomic E-state index is 13.3. The second kappa shape index (κ2) is 13.8. The molecule has 0 aliphatic carbocycles. The number of rotatable bonds is 11. The quantitative estimate of drug-likeness (QED) is 0.137. The zero-order chi connectivity index (χ0) is 30.2. The number of anilines is 3. The molecule has 0 spiro atoms. The van der Waals surface area contributed by atoms with Crippen LogP contribution in [0.25, 0.3) is 16.5 Å². The van der Waals surface area contributed by atoms with Crippen LogP contribution in [0.1, 0.15) is 36.6 Å². The Morgan fingerprint density at radius 3 is 2.49 bits per heavy atom. The molecule has 0 radical (unpaired) electrons. The third kappa shape index (κ3) is 7.50. The SMILES string of the molecule is CCCCc1cc(NC(=O)Nc2ccc(OCc3ccnc(NC(=O)CCl)c3)c3ccccc23)n(-c2ccc(C)cc2)n1. The lowest BCUT2D eigenvalue weighted by Gasteiger charge is -2.15. The predicted molar refractivity (Wildman–Crippen MR) is 171 cm³/mol. The molecule has 0 unspecified atom stereocenters. The average molecular weight is 597 g/mol. The van der Waals surface area contributed by atoms with Crippen molar-refractivity contribution in [2.24, 2.45) is 0 Å². The van der Waals surface area contributed by atoms with Crippen molar-refractivity contribution in [3.8, 4) is 11.4 Å². The lowest BCUT2D eigenvalue weighted by molar-refractivity contribution is -0.113. The first-order chi connectivity index (χ1) is 20.9. The number of halogens is 1. The van der Waals surface area contributed by atoms with Crippen molar-refractivity contribution in [3.63, 3.8) is 0 Å². The number of ether oxygens (including phenoxy) is 1. The number of hydrogen-bond donors (Lipinski definition) is 3. The van der Waals surface area contributed by atoms with E-state index in [9.17, 15) is 9.59 Å². The van der Waals surface area contributed by atoms with Crippen LogP contribution in [-0.2, 0) is 17.8 Å². The van der Waals surface area contributed by atoms with Crippen LogP contribution in [0.3, 0.4) is 0 Å². The molecule has 2 aromatic heterocycles. The Bertz CT molecular complexity index is 1740. The highest BCUT2D eigenvalue weighted by Crippen LogP contribution is 2.32. The summed E-state index contributed by atoms with van der Waals surface area (Å²) in [6.45, 7) is 4.43. The third-order valence-corrected chi connectivity index (χ3v) is 7.05. The van der Waals surface area contributed by atoms with E-state index in [0.29, 0.717) is 23.1 Å². The number of nitrogens with zero attached hydrogens (tertiary/aromatic N) is 3. The Balaban J connectivity index is 1.33. The Morgan fingerprint density at radius 2 is 1.72 bits per heavy atom. The minimum absolute atomic E-state index is 0.150. The van der Waals surface area contributed by atoms with Gasteiger partial charge >= 0.3 is 6.03 Å². The molecule has 0 aliphatic rings. The van der Waals surface area contributed by atoms with E-state index < -0.39 is 0 Å². The molecule has 3 amide bonds. The molecule has 5 rings (SSSR count). The minimum atomic E-state index is -0.377. The van der Waals surface area contributed by atoms with Gasteiger partial charge < -0.3 is 15.4 Å². The predicted octanol–water partition coefficient (Wildman–Crippen LogP) is 7.47. The second-order valence-electron chi connectivity index (χ2n) is 10.1. The first-order valence-corrected chi connectivity index (χ1v) is 14.7. The van der Waals surface area contributed by atoms with Gasteiger partial charge in [0.25, 0.3) is 0 Å². The fourth-order valence-electron chi connectivity index (χ4n) is 4.63. The standard InChI is InChI=1S/C33H33ClN6O3/c1-3-4-7-24-19-31(40(39-24)25-12-10-22(2)11-13-25)38-33(42)36-28-14-15-29(27-9-6-5-8-26(27)28)43-21-23-16-17-35-30(18-23)37-32(41)20-34/h5-6,8-19H,3-4,7,20-21H2,1-2H3,(H,35,37,41)(H2,36,38,42). The molecule has 0 aliphatic heterocycles. The van der Waals surface area contributed by atoms with Gasteiger partial charge in [0.05, 0.1) is 17.1 Å². The summed E-state index contributed by atoms with van der Waals surface area (Å²) >= 11 is 5.58. The number of amides is 3. The van der Waals surface area contributed by atoms with E-state index in [2.05, 4.69) is 27.9 Å². The van der Waals surface area contributed by atoms with Crippen LogP contribution in [0.15, 0.2) is 85.1 Å². The molecule has 10 heteroatoms. The summed E-state index contributed by atoms with van der Waals surface area (Å²) in [6, 6.07) is 24.5. The van der Waals surface area contributed by atoms with E-state index in [1.54, 1.807) is 16.9 Å². The molecule has 0 fully saturated rings. The van der Waals surface area contributed by atoms with Crippen LogP contribution < -0.4 is 20.7 Å². The maximum atomic E-state index is 13.3. The fraction of sp³-hybridized carbons (Fsp3) is 0.212. The lowest BCUT2D eigenvalue weighted by atomic mass is 10.1. The first kappa shape index (κ1) is 29.6. The highest BCUT2D eigenvalue weighted by molar-refractivity contribution is 6.29. The molecule has 0 atom stereocenters. The van der Waals surface area contributed by atoms with Gasteiger partial charge in [-0.2, -0.15) is 5.10 Å². The number of hydrogen-bond acceptors (Lipinski definition) is 5. The minimum Gasteiger partial charge on any atom is -0.488 e. The number of carbonyl (C=O) groups excluding carboxylic acids is 2. The lowest BCUT2D eigenvalue weighted by Crippen LogP contribution is -2.21. The van der Waals surface area contributed by atoms with Gasteiger partial charge in [0.15, 0.2) is 0 Å². The first-order valence-electron chi connectivity index (χ1n) is 14.1. The van der Waals surface area contributed by atoms with Crippen LogP contribution in [0, 0.1) is 6.92 Å². The summed E-state index contributed by atoms with van der Waals surface area (Å²) in [5.41, 5.74) is 4.41. The number of pyridine rings is 1. The average Bonchev–Trinajstić information content (AvgIpc) is 3.42. The molecule has 3 N–H and O–H groups in total. The summed E-state index contributed by atoms with van der Waals surface area (Å²) in [7, 11) is 0. The van der Waals surface area contributed by atoms with Crippen LogP contribution in [0.4, 0.5) is 22.1 Å². The van der Waals surface area contributed by atoms with Crippen molar-refractivity contribution in [1.82, 2.24) is 14.8 Å². The van der Waals surface area contributed by atoms with Crippen molar-refractivity contribution >= 4 is 51.6 Å². The van der Waals surface area contributed by atoms with E-state index in [0.717, 1.165) is 52.5 Å². The number of aryl methyl sites for hydroxylation is 2. The molecule has 0 bridgehead atoms. The third-order valence-electron chi connectivity index (χ3n) is 6.81. The van der Waals surface area contributed by atoms with E-state index >= 15 is 0 Å². The largest absolute Gasteiger partial charge is 0.488 e. The molecular weight excluding hydrogens is 564 g/mol. The van der Waals surface area contributed by atoms with E-state index in [1.807, 2.05) is 79.7 Å². The zero-order valence-electron chi connectivity index (χ0n) is 24.1. The highest BCUT2D eigenvalue weighted by atomic mass is 35.5. The Kier molecular flexibility index (Phi) is 9.53. The molecule has 3 aromatic carbocycles. The second-order valence-corrected chi connectivity index (χ2v) is 10.4. The molecule has 43 heavy (non-hydrogen) atoms. The normalized spacial score (nSPS) is 10.9. The van der Waals surface area contributed by atoms with E-state index in [1.165, 1.54) is 0 Å². The van der Waals surface area contributed by atoms with Gasteiger partial charge in [-0.15, -0.1) is 11.6 Å². The zero-order valence-corrected chi connectivity index (χ0v) is 24.8. The number of unbranched alkanes of at least 4 members (excludes halogenated alkanes) is 1. The maximum Gasteiger partial charge on any atom is 0.324 e. The Labute approximate surface area is 255 Å². The van der Waals surface area contributed by atoms with Crippen LogP contribution in [0.5, 0.6) is 5.75 Å². The van der Waals surface area contributed by atoms with Crippen molar-refractivity contribution in [1.29, 1.82) is 0 Å². The number of urea groups is 1. The van der Waals surface area contributed by atoms with Crippen LogP contribution in [-0.4, -0.2) is 32.6 Å². The van der Waals surface area contributed by atoms with Crippen molar-refractivity contribution in [2.45, 2.75) is 39.7 Å².